The second-order valence-corrected chi connectivity index (χ2v) is 5.42. The Labute approximate surface area is 109 Å². The third kappa shape index (κ3) is 2.46. The summed E-state index contributed by atoms with van der Waals surface area (Å²) in [6.07, 6.45) is 2.68. The van der Waals surface area contributed by atoms with Gasteiger partial charge in [-0.25, -0.2) is 0 Å². The predicted molar refractivity (Wildman–Crippen MR) is 71.1 cm³/mol. The lowest BCUT2D eigenvalue weighted by molar-refractivity contribution is 0.156. The van der Waals surface area contributed by atoms with Gasteiger partial charge in [-0.05, 0) is 31.4 Å². The van der Waals surface area contributed by atoms with E-state index in [1.54, 1.807) is 0 Å². The van der Waals surface area contributed by atoms with Crippen LogP contribution in [0, 0.1) is 5.92 Å². The highest BCUT2D eigenvalue weighted by molar-refractivity contribution is 5.47. The number of para-hydroxylation sites is 1. The van der Waals surface area contributed by atoms with Crippen LogP contribution in [0.1, 0.15) is 25.3 Å². The van der Waals surface area contributed by atoms with Gasteiger partial charge >= 0.3 is 0 Å². The fourth-order valence-corrected chi connectivity index (χ4v) is 2.93. The number of hydrogen-bond acceptors (Lipinski definition) is 3. The van der Waals surface area contributed by atoms with Crippen molar-refractivity contribution in [1.82, 2.24) is 4.90 Å². The molecule has 2 aliphatic heterocycles. The van der Waals surface area contributed by atoms with Gasteiger partial charge in [0.1, 0.15) is 13.2 Å². The Morgan fingerprint density at radius 2 is 2.17 bits per heavy atom. The summed E-state index contributed by atoms with van der Waals surface area (Å²) in [4.78, 5) is 2.53. The van der Waals surface area contributed by atoms with Gasteiger partial charge < -0.3 is 9.47 Å². The summed E-state index contributed by atoms with van der Waals surface area (Å²) < 4.78 is 11.4. The molecule has 1 aromatic carbocycles. The molecule has 0 bridgehead atoms. The van der Waals surface area contributed by atoms with Crippen molar-refractivity contribution in [2.24, 2.45) is 5.92 Å². The number of likely N-dealkylation sites (tertiary alicyclic amines) is 1. The van der Waals surface area contributed by atoms with Crippen molar-refractivity contribution >= 4 is 0 Å². The number of nitrogens with zero attached hydrogens (tertiary/aromatic N) is 1. The van der Waals surface area contributed by atoms with Crippen molar-refractivity contribution < 1.29 is 9.47 Å². The fraction of sp³-hybridized carbons (Fsp3) is 0.600. The monoisotopic (exact) mass is 247 g/mol. The van der Waals surface area contributed by atoms with Gasteiger partial charge in [0.2, 0.25) is 0 Å². The SMILES string of the molecule is C[C@H]1CCCN(Cc2cccc3c2OCCO3)C1. The molecule has 1 atom stereocenters. The van der Waals surface area contributed by atoms with E-state index < -0.39 is 0 Å². The van der Waals surface area contributed by atoms with E-state index in [0.717, 1.165) is 24.0 Å². The Hall–Kier alpha value is -1.22. The second kappa shape index (κ2) is 5.19. The molecule has 0 radical (unpaired) electrons. The molecule has 3 heteroatoms. The van der Waals surface area contributed by atoms with Crippen LogP contribution in [0.2, 0.25) is 0 Å². The van der Waals surface area contributed by atoms with Crippen LogP contribution in [0.3, 0.4) is 0 Å². The molecule has 0 spiro atoms. The van der Waals surface area contributed by atoms with Gasteiger partial charge in [-0.1, -0.05) is 19.1 Å². The molecule has 98 valence electrons. The topological polar surface area (TPSA) is 21.7 Å². The molecule has 3 nitrogen and oxygen atoms in total. The Morgan fingerprint density at radius 1 is 1.28 bits per heavy atom. The maximum Gasteiger partial charge on any atom is 0.165 e. The van der Waals surface area contributed by atoms with Crippen molar-refractivity contribution in [2.45, 2.75) is 26.3 Å². The van der Waals surface area contributed by atoms with Crippen LogP contribution in [0.25, 0.3) is 0 Å². The molecule has 3 rings (SSSR count). The first-order valence-electron chi connectivity index (χ1n) is 6.93. The Bertz CT molecular complexity index is 419. The third-order valence-electron chi connectivity index (χ3n) is 3.78. The summed E-state index contributed by atoms with van der Waals surface area (Å²) in [6, 6.07) is 6.22. The molecule has 2 heterocycles. The number of ether oxygens (including phenoxy) is 2. The van der Waals surface area contributed by atoms with Gasteiger partial charge in [0.15, 0.2) is 11.5 Å². The second-order valence-electron chi connectivity index (χ2n) is 5.42. The van der Waals surface area contributed by atoms with Crippen LogP contribution >= 0.6 is 0 Å². The molecule has 1 aromatic rings. The van der Waals surface area contributed by atoms with Gasteiger partial charge in [0.05, 0.1) is 0 Å². The average Bonchev–Trinajstić information content (AvgIpc) is 2.39. The standard InChI is InChI=1S/C15H21NO2/c1-12-4-3-7-16(10-12)11-13-5-2-6-14-15(13)18-9-8-17-14/h2,5-6,12H,3-4,7-11H2,1H3/t12-/m0/s1. The van der Waals surface area contributed by atoms with E-state index in [2.05, 4.69) is 24.0 Å². The minimum absolute atomic E-state index is 0.664. The molecule has 0 aromatic heterocycles. The normalized spacial score (nSPS) is 23.9. The summed E-state index contributed by atoms with van der Waals surface area (Å²) in [6.45, 7) is 7.06. The quantitative estimate of drug-likeness (QED) is 0.802. The highest BCUT2D eigenvalue weighted by Crippen LogP contribution is 2.34. The maximum absolute atomic E-state index is 5.77. The van der Waals surface area contributed by atoms with E-state index >= 15 is 0 Å². The molecule has 0 saturated carbocycles. The van der Waals surface area contributed by atoms with Crippen molar-refractivity contribution in [3.63, 3.8) is 0 Å². The van der Waals surface area contributed by atoms with Gasteiger partial charge in [0.25, 0.3) is 0 Å². The number of rotatable bonds is 2. The van der Waals surface area contributed by atoms with E-state index in [4.69, 9.17) is 9.47 Å². The minimum Gasteiger partial charge on any atom is -0.486 e. The zero-order valence-electron chi connectivity index (χ0n) is 11.0. The fourth-order valence-electron chi connectivity index (χ4n) is 2.93. The Morgan fingerprint density at radius 3 is 3.06 bits per heavy atom. The lowest BCUT2D eigenvalue weighted by atomic mass is 9.99. The van der Waals surface area contributed by atoms with E-state index in [-0.39, 0.29) is 0 Å². The minimum atomic E-state index is 0.664. The number of piperidine rings is 1. The molecular weight excluding hydrogens is 226 g/mol. The molecule has 0 amide bonds. The molecule has 0 N–H and O–H groups in total. The largest absolute Gasteiger partial charge is 0.486 e. The molecule has 0 aliphatic carbocycles. The first kappa shape index (κ1) is 11.8. The predicted octanol–water partition coefficient (Wildman–Crippen LogP) is 2.69. The molecular formula is C15H21NO2. The number of fused-ring (bicyclic) bond motifs is 1. The third-order valence-corrected chi connectivity index (χ3v) is 3.78. The molecule has 1 saturated heterocycles. The number of benzene rings is 1. The number of hydrogen-bond donors (Lipinski definition) is 0. The maximum atomic E-state index is 5.77. The van der Waals surface area contributed by atoms with E-state index in [1.165, 1.54) is 31.5 Å². The van der Waals surface area contributed by atoms with Crippen molar-refractivity contribution in [2.75, 3.05) is 26.3 Å². The zero-order chi connectivity index (χ0) is 12.4. The summed E-state index contributed by atoms with van der Waals surface area (Å²) in [7, 11) is 0. The zero-order valence-corrected chi connectivity index (χ0v) is 11.0. The van der Waals surface area contributed by atoms with Crippen LogP contribution in [-0.2, 0) is 6.54 Å². The van der Waals surface area contributed by atoms with Crippen LogP contribution in [-0.4, -0.2) is 31.2 Å². The molecule has 0 unspecified atom stereocenters. The molecule has 2 aliphatic rings. The van der Waals surface area contributed by atoms with Gasteiger partial charge in [0, 0.05) is 18.7 Å². The van der Waals surface area contributed by atoms with Gasteiger partial charge in [-0.15, -0.1) is 0 Å². The summed E-state index contributed by atoms with van der Waals surface area (Å²) in [5, 5.41) is 0. The van der Waals surface area contributed by atoms with Gasteiger partial charge in [-0.3, -0.25) is 4.90 Å². The Kier molecular flexibility index (Phi) is 3.41. The van der Waals surface area contributed by atoms with Crippen molar-refractivity contribution in [3.05, 3.63) is 23.8 Å². The lowest BCUT2D eigenvalue weighted by Crippen LogP contribution is -2.34. The highest BCUT2D eigenvalue weighted by atomic mass is 16.6. The van der Waals surface area contributed by atoms with Crippen LogP contribution in [0.15, 0.2) is 18.2 Å². The molecule has 18 heavy (non-hydrogen) atoms. The first-order chi connectivity index (χ1) is 8.83. The molecule has 1 fully saturated rings. The van der Waals surface area contributed by atoms with E-state index in [0.29, 0.717) is 13.2 Å². The Balaban J connectivity index is 1.76. The lowest BCUT2D eigenvalue weighted by Gasteiger charge is -2.31. The average molecular weight is 247 g/mol. The first-order valence-corrected chi connectivity index (χ1v) is 6.93. The summed E-state index contributed by atoms with van der Waals surface area (Å²) in [5.41, 5.74) is 1.27. The van der Waals surface area contributed by atoms with E-state index in [9.17, 15) is 0 Å². The van der Waals surface area contributed by atoms with Crippen LogP contribution < -0.4 is 9.47 Å². The van der Waals surface area contributed by atoms with Crippen molar-refractivity contribution in [3.8, 4) is 11.5 Å². The van der Waals surface area contributed by atoms with Crippen molar-refractivity contribution in [1.29, 1.82) is 0 Å². The summed E-state index contributed by atoms with van der Waals surface area (Å²) in [5.74, 6) is 2.68. The van der Waals surface area contributed by atoms with Crippen LogP contribution in [0.4, 0.5) is 0 Å². The van der Waals surface area contributed by atoms with Gasteiger partial charge in [-0.2, -0.15) is 0 Å². The van der Waals surface area contributed by atoms with Crippen LogP contribution in [0.5, 0.6) is 11.5 Å². The smallest absolute Gasteiger partial charge is 0.165 e. The highest BCUT2D eigenvalue weighted by Gasteiger charge is 2.20. The van der Waals surface area contributed by atoms with E-state index in [1.807, 2.05) is 6.07 Å². The summed E-state index contributed by atoms with van der Waals surface area (Å²) >= 11 is 0.